The van der Waals surface area contributed by atoms with Crippen LogP contribution in [-0.2, 0) is 14.8 Å². The first kappa shape index (κ1) is 24.7. The van der Waals surface area contributed by atoms with Gasteiger partial charge in [0.25, 0.3) is 0 Å². The number of hydrogen-bond donors (Lipinski definition) is 1. The van der Waals surface area contributed by atoms with Gasteiger partial charge in [-0.2, -0.15) is 4.31 Å². The number of benzene rings is 2. The first-order valence-corrected chi connectivity index (χ1v) is 13.0. The summed E-state index contributed by atoms with van der Waals surface area (Å²) < 4.78 is 38.9. The predicted octanol–water partition coefficient (Wildman–Crippen LogP) is 2.31. The van der Waals surface area contributed by atoms with Crippen LogP contribution in [0.5, 0.6) is 5.75 Å². The topological polar surface area (TPSA) is 79.3 Å². The Bertz CT molecular complexity index is 1140. The maximum Gasteiger partial charge on any atom is 0.243 e. The average molecular weight is 485 g/mol. The molecule has 0 radical (unpaired) electrons. The van der Waals surface area contributed by atoms with Crippen LogP contribution in [0.3, 0.4) is 0 Å². The summed E-state index contributed by atoms with van der Waals surface area (Å²) in [5.74, 6) is 6.59. The van der Waals surface area contributed by atoms with E-state index in [1.165, 1.54) is 7.11 Å². The highest BCUT2D eigenvalue weighted by molar-refractivity contribution is 7.89. The Balaban J connectivity index is 1.59. The van der Waals surface area contributed by atoms with E-state index < -0.39 is 10.0 Å². The van der Waals surface area contributed by atoms with Gasteiger partial charge in [-0.05, 0) is 49.2 Å². The molecule has 2 aliphatic heterocycles. The SMILES string of the molecule is COCC#Cc1ccc([C@H]2[C@H](CO)N3CCCCN(S(=O)(=O)c4cccc(OC)c4)C[C@@H]23)cc1. The number of fused-ring (bicyclic) bond motifs is 1. The minimum Gasteiger partial charge on any atom is -0.497 e. The zero-order valence-corrected chi connectivity index (χ0v) is 20.5. The second-order valence-electron chi connectivity index (χ2n) is 8.69. The number of sulfonamides is 1. The highest BCUT2D eigenvalue weighted by atomic mass is 32.2. The van der Waals surface area contributed by atoms with Crippen molar-refractivity contribution in [2.45, 2.75) is 35.7 Å². The molecule has 2 aromatic rings. The fraction of sp³-hybridized carbons (Fsp3) is 0.462. The van der Waals surface area contributed by atoms with Crippen molar-refractivity contribution in [3.8, 4) is 17.6 Å². The van der Waals surface area contributed by atoms with Crippen molar-refractivity contribution in [2.24, 2.45) is 0 Å². The molecule has 0 aromatic heterocycles. The molecular weight excluding hydrogens is 452 g/mol. The summed E-state index contributed by atoms with van der Waals surface area (Å²) in [5, 5.41) is 10.2. The second-order valence-corrected chi connectivity index (χ2v) is 10.6. The molecule has 182 valence electrons. The van der Waals surface area contributed by atoms with Crippen molar-refractivity contribution >= 4 is 10.0 Å². The van der Waals surface area contributed by atoms with E-state index >= 15 is 0 Å². The van der Waals surface area contributed by atoms with E-state index in [1.54, 1.807) is 35.7 Å². The van der Waals surface area contributed by atoms with E-state index in [2.05, 4.69) is 16.7 Å². The van der Waals surface area contributed by atoms with Gasteiger partial charge in [-0.25, -0.2) is 8.42 Å². The van der Waals surface area contributed by atoms with E-state index in [0.29, 0.717) is 25.4 Å². The van der Waals surface area contributed by atoms with Crippen LogP contribution >= 0.6 is 0 Å². The molecule has 0 bridgehead atoms. The zero-order valence-electron chi connectivity index (χ0n) is 19.7. The maximum absolute atomic E-state index is 13.5. The molecular formula is C26H32N2O5S. The van der Waals surface area contributed by atoms with Gasteiger partial charge in [0, 0.05) is 49.8 Å². The van der Waals surface area contributed by atoms with Gasteiger partial charge in [-0.15, -0.1) is 0 Å². The van der Waals surface area contributed by atoms with Gasteiger partial charge in [0.2, 0.25) is 10.0 Å². The van der Waals surface area contributed by atoms with Gasteiger partial charge >= 0.3 is 0 Å². The lowest BCUT2D eigenvalue weighted by Gasteiger charge is -2.57. The predicted molar refractivity (Wildman–Crippen MR) is 130 cm³/mol. The van der Waals surface area contributed by atoms with Crippen molar-refractivity contribution in [3.63, 3.8) is 0 Å². The minimum atomic E-state index is -3.67. The monoisotopic (exact) mass is 484 g/mol. The van der Waals surface area contributed by atoms with Gasteiger partial charge in [-0.3, -0.25) is 4.90 Å². The number of aliphatic hydroxyl groups excluding tert-OH is 1. The Labute approximate surface area is 202 Å². The van der Waals surface area contributed by atoms with Gasteiger partial charge in [0.1, 0.15) is 12.4 Å². The Kier molecular flexibility index (Phi) is 7.91. The van der Waals surface area contributed by atoms with Crippen LogP contribution in [0, 0.1) is 11.8 Å². The normalized spacial score (nSPS) is 23.6. The molecule has 2 aromatic carbocycles. The van der Waals surface area contributed by atoms with Crippen LogP contribution in [0.25, 0.3) is 0 Å². The molecule has 2 fully saturated rings. The quantitative estimate of drug-likeness (QED) is 0.634. The molecule has 3 atom stereocenters. The summed E-state index contributed by atoms with van der Waals surface area (Å²) in [4.78, 5) is 2.51. The second kappa shape index (κ2) is 10.9. The van der Waals surface area contributed by atoms with Crippen molar-refractivity contribution in [1.82, 2.24) is 9.21 Å². The first-order chi connectivity index (χ1) is 16.5. The number of ether oxygens (including phenoxy) is 2. The molecule has 1 N–H and O–H groups in total. The fourth-order valence-corrected chi connectivity index (χ4v) is 6.57. The number of rotatable bonds is 6. The highest BCUT2D eigenvalue weighted by Gasteiger charge is 2.50. The largest absolute Gasteiger partial charge is 0.497 e. The van der Waals surface area contributed by atoms with Crippen LogP contribution < -0.4 is 4.74 Å². The van der Waals surface area contributed by atoms with E-state index in [9.17, 15) is 13.5 Å². The van der Waals surface area contributed by atoms with E-state index in [1.807, 2.05) is 24.3 Å². The summed E-state index contributed by atoms with van der Waals surface area (Å²) >= 11 is 0. The summed E-state index contributed by atoms with van der Waals surface area (Å²) in [6.45, 7) is 2.15. The molecule has 4 rings (SSSR count). The number of aliphatic hydroxyl groups is 1. The first-order valence-electron chi connectivity index (χ1n) is 11.6. The zero-order chi connectivity index (χ0) is 24.1. The van der Waals surface area contributed by atoms with Crippen LogP contribution in [0.2, 0.25) is 0 Å². The Hall–Kier alpha value is -2.41. The van der Waals surface area contributed by atoms with Crippen LogP contribution in [0.4, 0.5) is 0 Å². The van der Waals surface area contributed by atoms with E-state index in [0.717, 1.165) is 30.5 Å². The third-order valence-corrected chi connectivity index (χ3v) is 8.62. The van der Waals surface area contributed by atoms with E-state index in [-0.39, 0.29) is 29.5 Å². The molecule has 2 aliphatic rings. The molecule has 0 aliphatic carbocycles. The van der Waals surface area contributed by atoms with Crippen LogP contribution in [0.1, 0.15) is 29.9 Å². The van der Waals surface area contributed by atoms with Crippen molar-refractivity contribution in [2.75, 3.05) is 47.1 Å². The third-order valence-electron chi connectivity index (χ3n) is 6.76. The minimum absolute atomic E-state index is 0.00302. The molecule has 34 heavy (non-hydrogen) atoms. The lowest BCUT2D eigenvalue weighted by atomic mass is 9.74. The summed E-state index contributed by atoms with van der Waals surface area (Å²) in [6.07, 6.45) is 1.67. The van der Waals surface area contributed by atoms with Crippen LogP contribution in [0.15, 0.2) is 53.4 Å². The number of methoxy groups -OCH3 is 2. The Morgan fingerprint density at radius 1 is 1.09 bits per heavy atom. The van der Waals surface area contributed by atoms with Gasteiger partial charge < -0.3 is 14.6 Å². The average Bonchev–Trinajstić information content (AvgIpc) is 2.84. The summed E-state index contributed by atoms with van der Waals surface area (Å²) in [6, 6.07) is 14.7. The molecule has 0 saturated carbocycles. The molecule has 0 unspecified atom stereocenters. The standard InChI is InChI=1S/C26H32N2O5S/c1-32-16-6-7-20-10-12-21(13-11-20)26-24-18-27(14-3-4-15-28(24)25(26)19-29)34(30,31)23-9-5-8-22(17-23)33-2/h5,8-13,17,24-26,29H,3-4,14-16,18-19H2,1-2H3/t24-,25-,26+/m0/s1. The van der Waals surface area contributed by atoms with Crippen molar-refractivity contribution in [3.05, 3.63) is 59.7 Å². The number of hydrogen-bond acceptors (Lipinski definition) is 6. The smallest absolute Gasteiger partial charge is 0.243 e. The third kappa shape index (κ3) is 4.99. The van der Waals surface area contributed by atoms with Gasteiger partial charge in [0.15, 0.2) is 0 Å². The molecule has 2 heterocycles. The van der Waals surface area contributed by atoms with Crippen molar-refractivity contribution in [1.29, 1.82) is 0 Å². The molecule has 8 heteroatoms. The Morgan fingerprint density at radius 3 is 2.56 bits per heavy atom. The summed E-state index contributed by atoms with van der Waals surface area (Å²) in [7, 11) is -0.529. The highest BCUT2D eigenvalue weighted by Crippen LogP contribution is 2.42. The van der Waals surface area contributed by atoms with Crippen LogP contribution in [-0.4, -0.2) is 81.9 Å². The Morgan fingerprint density at radius 2 is 1.85 bits per heavy atom. The maximum atomic E-state index is 13.5. The molecule has 2 saturated heterocycles. The molecule has 0 spiro atoms. The molecule has 7 nitrogen and oxygen atoms in total. The summed E-state index contributed by atoms with van der Waals surface area (Å²) in [5.41, 5.74) is 1.99. The van der Waals surface area contributed by atoms with Crippen molar-refractivity contribution < 1.29 is 23.0 Å². The van der Waals surface area contributed by atoms with Gasteiger partial charge in [0.05, 0.1) is 18.6 Å². The van der Waals surface area contributed by atoms with E-state index in [4.69, 9.17) is 9.47 Å². The molecule has 0 amide bonds. The van der Waals surface area contributed by atoms with Gasteiger partial charge in [-0.1, -0.05) is 30.0 Å². The fourth-order valence-electron chi connectivity index (χ4n) is 5.04. The lowest BCUT2D eigenvalue weighted by Crippen LogP contribution is -2.67. The number of nitrogens with zero attached hydrogens (tertiary/aromatic N) is 2. The lowest BCUT2D eigenvalue weighted by molar-refractivity contribution is -0.0553.